The summed E-state index contributed by atoms with van der Waals surface area (Å²) in [4.78, 5) is 11.0. The van der Waals surface area contributed by atoms with Crippen molar-refractivity contribution < 1.29 is 14.4 Å². The number of carboxylic acid groups (broad SMARTS) is 1. The number of hydrogen-bond donors (Lipinski definition) is 1. The second-order valence-electron chi connectivity index (χ2n) is 3.63. The van der Waals surface area contributed by atoms with Gasteiger partial charge >= 0.3 is 5.97 Å². The van der Waals surface area contributed by atoms with Crippen molar-refractivity contribution in [1.82, 2.24) is 5.16 Å². The van der Waals surface area contributed by atoms with E-state index in [1.165, 1.54) is 0 Å². The Morgan fingerprint density at radius 3 is 2.31 bits per heavy atom. The first-order valence-electron chi connectivity index (χ1n) is 4.04. The fourth-order valence-corrected chi connectivity index (χ4v) is 1.48. The molecular weight excluding hydrogens is 170 g/mol. The van der Waals surface area contributed by atoms with Crippen LogP contribution >= 0.6 is 0 Å². The van der Waals surface area contributed by atoms with Crippen LogP contribution in [0.25, 0.3) is 0 Å². The zero-order valence-corrected chi connectivity index (χ0v) is 8.21. The van der Waals surface area contributed by atoms with E-state index >= 15 is 0 Å². The summed E-state index contributed by atoms with van der Waals surface area (Å²) in [6.07, 6.45) is 0. The average Bonchev–Trinajstić information content (AvgIpc) is 2.30. The summed E-state index contributed by atoms with van der Waals surface area (Å²) in [5, 5.41) is 12.7. The van der Waals surface area contributed by atoms with Gasteiger partial charge in [-0.3, -0.25) is 4.79 Å². The van der Waals surface area contributed by atoms with Gasteiger partial charge in [0.2, 0.25) is 0 Å². The maximum absolute atomic E-state index is 11.0. The number of aliphatic carboxylic acids is 1. The van der Waals surface area contributed by atoms with Gasteiger partial charge < -0.3 is 9.63 Å². The van der Waals surface area contributed by atoms with Crippen LogP contribution in [0.1, 0.15) is 30.9 Å². The lowest BCUT2D eigenvalue weighted by Gasteiger charge is -2.18. The number of aryl methyl sites for hydroxylation is 2. The van der Waals surface area contributed by atoms with Crippen molar-refractivity contribution >= 4 is 5.97 Å². The van der Waals surface area contributed by atoms with Crippen molar-refractivity contribution in [2.45, 2.75) is 33.1 Å². The van der Waals surface area contributed by atoms with E-state index < -0.39 is 11.4 Å². The molecule has 0 aromatic carbocycles. The van der Waals surface area contributed by atoms with Crippen LogP contribution in [0, 0.1) is 13.8 Å². The molecule has 4 heteroatoms. The van der Waals surface area contributed by atoms with Crippen LogP contribution in [0.5, 0.6) is 0 Å². The zero-order valence-electron chi connectivity index (χ0n) is 8.21. The minimum absolute atomic E-state index is 0.574. The number of rotatable bonds is 2. The summed E-state index contributed by atoms with van der Waals surface area (Å²) in [5.74, 6) is -0.299. The van der Waals surface area contributed by atoms with Gasteiger partial charge in [0.1, 0.15) is 5.76 Å². The van der Waals surface area contributed by atoms with E-state index in [1.54, 1.807) is 27.7 Å². The second kappa shape index (κ2) is 2.87. The van der Waals surface area contributed by atoms with Gasteiger partial charge in [-0.05, 0) is 27.7 Å². The van der Waals surface area contributed by atoms with Crippen LogP contribution in [0.3, 0.4) is 0 Å². The maximum Gasteiger partial charge on any atom is 0.313 e. The molecule has 0 saturated heterocycles. The van der Waals surface area contributed by atoms with Crippen LogP contribution in [0.4, 0.5) is 0 Å². The molecule has 1 rings (SSSR count). The van der Waals surface area contributed by atoms with Crippen molar-refractivity contribution in [3.63, 3.8) is 0 Å². The molecule has 0 spiro atoms. The molecule has 4 nitrogen and oxygen atoms in total. The Hall–Kier alpha value is -1.32. The molecular formula is C9H13NO3. The largest absolute Gasteiger partial charge is 0.481 e. The zero-order chi connectivity index (χ0) is 10.2. The Labute approximate surface area is 76.5 Å². The third-order valence-corrected chi connectivity index (χ3v) is 2.19. The van der Waals surface area contributed by atoms with E-state index in [0.29, 0.717) is 17.0 Å². The summed E-state index contributed by atoms with van der Waals surface area (Å²) >= 11 is 0. The molecule has 72 valence electrons. The molecule has 0 aliphatic heterocycles. The fraction of sp³-hybridized carbons (Fsp3) is 0.556. The van der Waals surface area contributed by atoms with Crippen molar-refractivity contribution in [3.8, 4) is 0 Å². The van der Waals surface area contributed by atoms with Crippen LogP contribution < -0.4 is 0 Å². The lowest BCUT2D eigenvalue weighted by molar-refractivity contribution is -0.142. The number of carbonyl (C=O) groups is 1. The van der Waals surface area contributed by atoms with Gasteiger partial charge in [0.15, 0.2) is 0 Å². The molecule has 0 amide bonds. The Kier molecular flexibility index (Phi) is 2.15. The number of aromatic nitrogens is 1. The van der Waals surface area contributed by atoms with Crippen molar-refractivity contribution in [2.24, 2.45) is 0 Å². The van der Waals surface area contributed by atoms with Gasteiger partial charge in [-0.25, -0.2) is 0 Å². The lowest BCUT2D eigenvalue weighted by Crippen LogP contribution is -2.29. The van der Waals surface area contributed by atoms with E-state index in [0.717, 1.165) is 0 Å². The Balaban J connectivity index is 3.28. The minimum atomic E-state index is -0.936. The topological polar surface area (TPSA) is 63.3 Å². The molecule has 1 heterocycles. The molecule has 0 aliphatic rings. The maximum atomic E-state index is 11.0. The highest BCUT2D eigenvalue weighted by atomic mass is 16.5. The molecule has 0 unspecified atom stereocenters. The Morgan fingerprint density at radius 1 is 1.46 bits per heavy atom. The second-order valence-corrected chi connectivity index (χ2v) is 3.63. The van der Waals surface area contributed by atoms with Crippen LogP contribution in [0.15, 0.2) is 4.52 Å². The summed E-state index contributed by atoms with van der Waals surface area (Å²) < 4.78 is 4.92. The first kappa shape index (κ1) is 9.77. The third-order valence-electron chi connectivity index (χ3n) is 2.19. The van der Waals surface area contributed by atoms with E-state index in [-0.39, 0.29) is 0 Å². The highest BCUT2D eigenvalue weighted by Gasteiger charge is 2.35. The normalized spacial score (nSPS) is 11.7. The summed E-state index contributed by atoms with van der Waals surface area (Å²) in [5.41, 5.74) is 0.374. The lowest BCUT2D eigenvalue weighted by atomic mass is 9.83. The average molecular weight is 183 g/mol. The minimum Gasteiger partial charge on any atom is -0.481 e. The van der Waals surface area contributed by atoms with E-state index in [4.69, 9.17) is 9.63 Å². The molecule has 0 bridgehead atoms. The van der Waals surface area contributed by atoms with Gasteiger partial charge in [0.05, 0.1) is 11.1 Å². The van der Waals surface area contributed by atoms with Gasteiger partial charge in [0, 0.05) is 5.56 Å². The molecule has 0 saturated carbocycles. The molecule has 1 aromatic rings. The summed E-state index contributed by atoms with van der Waals surface area (Å²) in [6, 6.07) is 0. The summed E-state index contributed by atoms with van der Waals surface area (Å²) in [7, 11) is 0. The Bertz CT molecular complexity index is 319. The highest BCUT2D eigenvalue weighted by molar-refractivity contribution is 5.80. The van der Waals surface area contributed by atoms with Gasteiger partial charge in [-0.15, -0.1) is 0 Å². The van der Waals surface area contributed by atoms with Crippen LogP contribution in [-0.4, -0.2) is 16.2 Å². The molecule has 0 radical (unpaired) electrons. The van der Waals surface area contributed by atoms with Crippen molar-refractivity contribution in [2.75, 3.05) is 0 Å². The fourth-order valence-electron chi connectivity index (χ4n) is 1.48. The van der Waals surface area contributed by atoms with Crippen LogP contribution in [0.2, 0.25) is 0 Å². The predicted molar refractivity (Wildman–Crippen MR) is 46.6 cm³/mol. The van der Waals surface area contributed by atoms with E-state index in [2.05, 4.69) is 5.16 Å². The standard InChI is InChI=1S/C9H13NO3/c1-5-7(6(2)13-10-5)9(3,4)8(11)12/h1-4H3,(H,11,12). The van der Waals surface area contributed by atoms with Gasteiger partial charge in [-0.2, -0.15) is 0 Å². The summed E-state index contributed by atoms with van der Waals surface area (Å²) in [6.45, 7) is 6.75. The molecule has 0 atom stereocenters. The van der Waals surface area contributed by atoms with E-state index in [1.807, 2.05) is 0 Å². The smallest absolute Gasteiger partial charge is 0.313 e. The highest BCUT2D eigenvalue weighted by Crippen LogP contribution is 2.29. The first-order valence-corrected chi connectivity index (χ1v) is 4.04. The SMILES string of the molecule is Cc1noc(C)c1C(C)(C)C(=O)O. The third kappa shape index (κ3) is 1.43. The Morgan fingerprint density at radius 2 is 2.00 bits per heavy atom. The van der Waals surface area contributed by atoms with Crippen molar-refractivity contribution in [3.05, 3.63) is 17.0 Å². The van der Waals surface area contributed by atoms with Crippen LogP contribution in [-0.2, 0) is 10.2 Å². The molecule has 1 N–H and O–H groups in total. The molecule has 0 fully saturated rings. The monoisotopic (exact) mass is 183 g/mol. The molecule has 0 aliphatic carbocycles. The first-order chi connectivity index (χ1) is 5.87. The predicted octanol–water partition coefficient (Wildman–Crippen LogP) is 1.65. The number of carboxylic acids is 1. The van der Waals surface area contributed by atoms with E-state index in [9.17, 15) is 4.79 Å². The quantitative estimate of drug-likeness (QED) is 0.757. The van der Waals surface area contributed by atoms with Crippen molar-refractivity contribution in [1.29, 1.82) is 0 Å². The number of nitrogens with zero attached hydrogens (tertiary/aromatic N) is 1. The number of hydrogen-bond acceptors (Lipinski definition) is 3. The van der Waals surface area contributed by atoms with Gasteiger partial charge in [0.25, 0.3) is 0 Å². The van der Waals surface area contributed by atoms with Gasteiger partial charge in [-0.1, -0.05) is 5.16 Å². The molecule has 1 aromatic heterocycles. The molecule has 13 heavy (non-hydrogen) atoms.